The second-order valence-corrected chi connectivity index (χ2v) is 18.4. The number of aliphatic hydroxyl groups excluding tert-OH is 1. The fourth-order valence-electron chi connectivity index (χ4n) is 6.12. The van der Waals surface area contributed by atoms with E-state index in [0.717, 1.165) is 44.9 Å². The molecule has 0 radical (unpaired) electrons. The molecule has 2 unspecified atom stereocenters. The molecule has 0 aliphatic rings. The van der Waals surface area contributed by atoms with E-state index in [1.807, 2.05) is 51.5 Å². The van der Waals surface area contributed by atoms with Gasteiger partial charge in [0.05, 0.1) is 33.9 Å². The number of phosphoric acid groups is 1. The normalized spacial score (nSPS) is 14.7. The van der Waals surface area contributed by atoms with Crippen LogP contribution in [-0.4, -0.2) is 86.1 Å². The quantitative estimate of drug-likeness (QED) is 0.0154. The van der Waals surface area contributed by atoms with Gasteiger partial charge < -0.3 is 24.0 Å². The molecule has 2 N–H and O–H groups in total. The lowest BCUT2D eigenvalue weighted by Crippen LogP contribution is -2.37. The van der Waals surface area contributed by atoms with Gasteiger partial charge in [0.2, 0.25) is 0 Å². The highest BCUT2D eigenvalue weighted by atomic mass is 31.2. The van der Waals surface area contributed by atoms with Crippen molar-refractivity contribution >= 4 is 19.8 Å². The van der Waals surface area contributed by atoms with Crippen molar-refractivity contribution in [2.75, 3.05) is 47.5 Å². The maximum atomic E-state index is 12.7. The number of nitrogens with zero attached hydrogens (tertiary/aromatic N) is 1. The summed E-state index contributed by atoms with van der Waals surface area (Å²) < 4.78 is 34.2. The van der Waals surface area contributed by atoms with Crippen LogP contribution in [0.3, 0.4) is 0 Å². The number of ether oxygens (including phenoxy) is 2. The predicted octanol–water partition coefficient (Wildman–Crippen LogP) is 12.8. The number of rotatable bonds is 42. The number of likely N-dealkylation sites (N-methyl/N-ethyl adjacent to an activating group) is 1. The Bertz CT molecular complexity index is 1280. The molecule has 0 saturated carbocycles. The van der Waals surface area contributed by atoms with Crippen molar-refractivity contribution in [1.29, 1.82) is 0 Å². The molecule has 0 heterocycles. The van der Waals surface area contributed by atoms with Crippen molar-refractivity contribution < 1.29 is 47.2 Å². The molecule has 10 nitrogen and oxygen atoms in total. The van der Waals surface area contributed by atoms with E-state index in [4.69, 9.17) is 18.5 Å². The van der Waals surface area contributed by atoms with Gasteiger partial charge in [0.15, 0.2) is 6.10 Å². The van der Waals surface area contributed by atoms with Crippen molar-refractivity contribution in [3.05, 3.63) is 72.9 Å². The Morgan fingerprint density at radius 3 is 1.67 bits per heavy atom. The lowest BCUT2D eigenvalue weighted by molar-refractivity contribution is -0.870. The van der Waals surface area contributed by atoms with Crippen molar-refractivity contribution in [2.45, 2.75) is 187 Å². The summed E-state index contributed by atoms with van der Waals surface area (Å²) in [6.07, 6.45) is 48.4. The minimum atomic E-state index is -4.42. The van der Waals surface area contributed by atoms with Gasteiger partial charge in [-0.15, -0.1) is 0 Å². The third kappa shape index (κ3) is 45.3. The number of carbonyl (C=O) groups excluding carboxylic acids is 2. The number of carbonyl (C=O) groups is 2. The van der Waals surface area contributed by atoms with E-state index in [9.17, 15) is 24.2 Å². The fraction of sp³-hybridized carbons (Fsp3) is 0.720. The molecule has 61 heavy (non-hydrogen) atoms. The van der Waals surface area contributed by atoms with E-state index in [2.05, 4.69) is 50.3 Å². The van der Waals surface area contributed by atoms with Gasteiger partial charge in [-0.3, -0.25) is 18.6 Å². The Balaban J connectivity index is 4.51. The van der Waals surface area contributed by atoms with E-state index in [1.54, 1.807) is 6.08 Å². The van der Waals surface area contributed by atoms with Crippen LogP contribution >= 0.6 is 7.82 Å². The third-order valence-electron chi connectivity index (χ3n) is 9.84. The average molecular weight is 879 g/mol. The van der Waals surface area contributed by atoms with Gasteiger partial charge in [-0.1, -0.05) is 189 Å². The number of phosphoric ester groups is 1. The van der Waals surface area contributed by atoms with Crippen LogP contribution in [-0.2, 0) is 32.7 Å². The van der Waals surface area contributed by atoms with E-state index < -0.39 is 38.6 Å². The van der Waals surface area contributed by atoms with Crippen molar-refractivity contribution in [2.24, 2.45) is 0 Å². The number of aliphatic hydroxyl groups is 1. The first kappa shape index (κ1) is 58.4. The average Bonchev–Trinajstić information content (AvgIpc) is 3.21. The van der Waals surface area contributed by atoms with E-state index in [0.29, 0.717) is 30.3 Å². The molecule has 0 bridgehead atoms. The second kappa shape index (κ2) is 41.4. The molecular weight excluding hydrogens is 790 g/mol. The molecule has 0 aliphatic carbocycles. The molecule has 0 aromatic rings. The highest BCUT2D eigenvalue weighted by Crippen LogP contribution is 2.43. The van der Waals surface area contributed by atoms with E-state index in [1.165, 1.54) is 83.5 Å². The summed E-state index contributed by atoms with van der Waals surface area (Å²) >= 11 is 0. The van der Waals surface area contributed by atoms with Crippen molar-refractivity contribution in [3.63, 3.8) is 0 Å². The maximum absolute atomic E-state index is 12.7. The topological polar surface area (TPSA) is 129 Å². The smallest absolute Gasteiger partial charge is 0.462 e. The summed E-state index contributed by atoms with van der Waals surface area (Å²) in [4.78, 5) is 35.4. The largest absolute Gasteiger partial charge is 0.472 e. The molecule has 3 atom stereocenters. The Labute approximate surface area is 372 Å². The first-order chi connectivity index (χ1) is 29.4. The number of esters is 2. The number of quaternary nitrogens is 1. The summed E-state index contributed by atoms with van der Waals surface area (Å²) in [6, 6.07) is 0. The van der Waals surface area contributed by atoms with Crippen molar-refractivity contribution in [1.82, 2.24) is 0 Å². The van der Waals surface area contributed by atoms with Crippen LogP contribution in [0, 0.1) is 0 Å². The van der Waals surface area contributed by atoms with Crippen LogP contribution in [0.1, 0.15) is 174 Å². The third-order valence-corrected chi connectivity index (χ3v) is 10.8. The van der Waals surface area contributed by atoms with Crippen LogP contribution in [0.4, 0.5) is 0 Å². The minimum Gasteiger partial charge on any atom is -0.462 e. The fourth-order valence-corrected chi connectivity index (χ4v) is 6.87. The van der Waals surface area contributed by atoms with Crippen LogP contribution < -0.4 is 0 Å². The lowest BCUT2D eigenvalue weighted by Gasteiger charge is -2.24. The van der Waals surface area contributed by atoms with Gasteiger partial charge in [-0.2, -0.15) is 0 Å². The molecule has 0 aromatic heterocycles. The first-order valence-corrected chi connectivity index (χ1v) is 25.3. The summed E-state index contributed by atoms with van der Waals surface area (Å²) in [5.74, 6) is -0.980. The lowest BCUT2D eigenvalue weighted by atomic mass is 10.0. The summed E-state index contributed by atoms with van der Waals surface area (Å²) in [7, 11) is 1.38. The van der Waals surface area contributed by atoms with Gasteiger partial charge in [0.25, 0.3) is 0 Å². The number of hydrogen-bond acceptors (Lipinski definition) is 8. The molecule has 0 amide bonds. The van der Waals surface area contributed by atoms with Crippen LogP contribution in [0.5, 0.6) is 0 Å². The SMILES string of the molecule is CC/C=C\C/C=C\C/C=C\C/C=C\C=C/C(O)C/C=C\CCC(=O)OC[C@H](COP(=O)(O)OCC[N+](C)(C)C)OC(=O)CCCCCCCCCCCCCCCCCCC. The van der Waals surface area contributed by atoms with Crippen LogP contribution in [0.25, 0.3) is 0 Å². The molecule has 0 rings (SSSR count). The molecule has 0 saturated heterocycles. The minimum absolute atomic E-state index is 0.00213. The monoisotopic (exact) mass is 879 g/mol. The summed E-state index contributed by atoms with van der Waals surface area (Å²) in [5, 5.41) is 10.2. The predicted molar refractivity (Wildman–Crippen MR) is 253 cm³/mol. The van der Waals surface area contributed by atoms with E-state index >= 15 is 0 Å². The Hall–Kier alpha value is -2.59. The van der Waals surface area contributed by atoms with Gasteiger partial charge >= 0.3 is 19.8 Å². The molecule has 0 aromatic carbocycles. The molecule has 0 fully saturated rings. The Morgan fingerprint density at radius 1 is 0.607 bits per heavy atom. The number of unbranched alkanes of at least 4 members (excludes halogenated alkanes) is 16. The second-order valence-electron chi connectivity index (χ2n) is 17.0. The molecular formula is C50H89NO9P+. The zero-order valence-electron chi connectivity index (χ0n) is 39.2. The van der Waals surface area contributed by atoms with Crippen LogP contribution in [0.2, 0.25) is 0 Å². The highest BCUT2D eigenvalue weighted by molar-refractivity contribution is 7.47. The standard InChI is InChI=1S/C50H88NO9P/c1-6-8-10-12-14-16-18-20-21-22-23-25-27-29-31-33-37-42-50(54)60-48(46-59-61(55,56)58-44-43-51(3,4)5)45-57-49(53)41-38-34-36-40-47(52)39-35-32-30-28-26-24-19-17-15-13-11-9-7-2/h9,11,15,17,24,26,30,32,34-36,39,47-48,52H,6-8,10,12-14,16,18-23,25,27-29,31,33,37-38,40-46H2,1-5H3/p+1/b11-9-,17-15-,26-24-,32-30-,36-34-,39-35-/t47?,48-/m1/s1. The zero-order chi connectivity index (χ0) is 45.1. The van der Waals surface area contributed by atoms with Crippen molar-refractivity contribution in [3.8, 4) is 0 Å². The van der Waals surface area contributed by atoms with Gasteiger partial charge in [0.1, 0.15) is 19.8 Å². The Kier molecular flexibility index (Phi) is 39.7. The molecule has 0 aliphatic heterocycles. The molecule has 0 spiro atoms. The highest BCUT2D eigenvalue weighted by Gasteiger charge is 2.27. The van der Waals surface area contributed by atoms with Gasteiger partial charge in [0, 0.05) is 12.8 Å². The number of allylic oxidation sites excluding steroid dienone is 10. The van der Waals surface area contributed by atoms with Gasteiger partial charge in [-0.25, -0.2) is 4.57 Å². The van der Waals surface area contributed by atoms with Gasteiger partial charge in [-0.05, 0) is 44.9 Å². The van der Waals surface area contributed by atoms with Crippen LogP contribution in [0.15, 0.2) is 72.9 Å². The molecule has 11 heteroatoms. The summed E-state index contributed by atoms with van der Waals surface area (Å²) in [6.45, 7) is 4.11. The maximum Gasteiger partial charge on any atom is 0.472 e. The first-order valence-electron chi connectivity index (χ1n) is 23.8. The number of hydrogen-bond donors (Lipinski definition) is 2. The Morgan fingerprint density at radius 2 is 1.13 bits per heavy atom. The zero-order valence-corrected chi connectivity index (χ0v) is 40.1. The summed E-state index contributed by atoms with van der Waals surface area (Å²) in [5.41, 5.74) is 0. The van der Waals surface area contributed by atoms with E-state index in [-0.39, 0.29) is 26.1 Å². The molecule has 352 valence electrons.